The molecule has 21 heavy (non-hydrogen) atoms. The molecule has 2 rings (SSSR count). The number of allylic oxidation sites excluding steroid dienone is 6. The average molecular weight is 440 g/mol. The predicted molar refractivity (Wildman–Crippen MR) is 87.2 cm³/mol. The summed E-state index contributed by atoms with van der Waals surface area (Å²) in [4.78, 5) is 0. The lowest BCUT2D eigenvalue weighted by Gasteiger charge is -2.26. The van der Waals surface area contributed by atoms with Crippen LogP contribution in [0, 0.1) is 0 Å². The van der Waals surface area contributed by atoms with E-state index < -0.39 is 20.3 Å². The van der Waals surface area contributed by atoms with E-state index in [4.69, 9.17) is 0 Å². The molecule has 0 aromatic carbocycles. The summed E-state index contributed by atoms with van der Waals surface area (Å²) in [5.41, 5.74) is -0.00966. The molecule has 2 atom stereocenters. The second-order valence-electron chi connectivity index (χ2n) is 4.36. The normalized spacial score (nSPS) is 29.7. The van der Waals surface area contributed by atoms with Gasteiger partial charge in [-0.05, 0) is 12.2 Å². The molecular weight excluding hydrogens is 430 g/mol. The summed E-state index contributed by atoms with van der Waals surface area (Å²) in [6, 6.07) is 0. The Kier molecular flexibility index (Phi) is 5.16. The Bertz CT molecular complexity index is 672. The molecule has 0 saturated carbocycles. The molecule has 0 spiro atoms. The number of sulfone groups is 1. The van der Waals surface area contributed by atoms with E-state index >= 15 is 0 Å². The first-order chi connectivity index (χ1) is 9.93. The standard InChI is InChI=1S/C14H10Br2F2O2S/c15-11-3-1-5-13(9(11)7-17)21(19,20)14-6-2-4-12(16)10(14)8-18/h1-8,13-14H. The molecule has 0 saturated heterocycles. The van der Waals surface area contributed by atoms with Crippen LogP contribution in [0.15, 0.2) is 69.2 Å². The molecule has 2 nitrogen and oxygen atoms in total. The van der Waals surface area contributed by atoms with Crippen molar-refractivity contribution in [1.29, 1.82) is 0 Å². The van der Waals surface area contributed by atoms with Gasteiger partial charge >= 0.3 is 0 Å². The first-order valence-corrected chi connectivity index (χ1v) is 9.05. The zero-order chi connectivity index (χ0) is 15.6. The number of halogens is 4. The predicted octanol–water partition coefficient (Wildman–Crippen LogP) is 4.54. The zero-order valence-corrected chi connectivity index (χ0v) is 14.5. The topological polar surface area (TPSA) is 34.1 Å². The van der Waals surface area contributed by atoms with Crippen molar-refractivity contribution in [1.82, 2.24) is 0 Å². The highest BCUT2D eigenvalue weighted by molar-refractivity contribution is 9.12. The van der Waals surface area contributed by atoms with Gasteiger partial charge in [-0.1, -0.05) is 56.2 Å². The minimum atomic E-state index is -3.91. The third-order valence-corrected chi connectivity index (χ3v) is 6.85. The Morgan fingerprint density at radius 2 is 1.29 bits per heavy atom. The van der Waals surface area contributed by atoms with Gasteiger partial charge in [0.05, 0.1) is 12.7 Å². The van der Waals surface area contributed by atoms with Gasteiger partial charge in [-0.3, -0.25) is 0 Å². The fourth-order valence-corrected chi connectivity index (χ4v) is 5.39. The summed E-state index contributed by atoms with van der Waals surface area (Å²) in [6.45, 7) is 0. The maximum Gasteiger partial charge on any atom is 0.171 e. The van der Waals surface area contributed by atoms with Crippen molar-refractivity contribution in [3.05, 3.63) is 69.2 Å². The molecule has 2 unspecified atom stereocenters. The second-order valence-corrected chi connectivity index (χ2v) is 8.26. The molecule has 0 radical (unpaired) electrons. The third kappa shape index (κ3) is 3.05. The molecule has 0 fully saturated rings. The van der Waals surface area contributed by atoms with E-state index in [0.29, 0.717) is 8.96 Å². The summed E-state index contributed by atoms with van der Waals surface area (Å²) in [6.07, 6.45) is 9.41. The molecule has 0 aromatic rings. The van der Waals surface area contributed by atoms with Crippen LogP contribution in [0.4, 0.5) is 8.78 Å². The van der Waals surface area contributed by atoms with Gasteiger partial charge in [0, 0.05) is 20.1 Å². The molecule has 0 bridgehead atoms. The van der Waals surface area contributed by atoms with Crippen LogP contribution >= 0.6 is 31.9 Å². The van der Waals surface area contributed by atoms with Crippen LogP contribution in [0.1, 0.15) is 0 Å². The summed E-state index contributed by atoms with van der Waals surface area (Å²) in [5.74, 6) is 0. The first-order valence-electron chi connectivity index (χ1n) is 5.85. The van der Waals surface area contributed by atoms with Gasteiger partial charge in [0.1, 0.15) is 10.5 Å². The van der Waals surface area contributed by atoms with Crippen LogP contribution in [0.2, 0.25) is 0 Å². The lowest BCUT2D eigenvalue weighted by atomic mass is 10.1. The van der Waals surface area contributed by atoms with E-state index in [9.17, 15) is 17.2 Å². The molecule has 112 valence electrons. The number of rotatable bonds is 2. The average Bonchev–Trinajstić information content (AvgIpc) is 2.46. The van der Waals surface area contributed by atoms with Crippen LogP contribution in [-0.2, 0) is 9.84 Å². The van der Waals surface area contributed by atoms with E-state index in [2.05, 4.69) is 31.9 Å². The third-order valence-electron chi connectivity index (χ3n) is 3.16. The van der Waals surface area contributed by atoms with Crippen molar-refractivity contribution in [2.45, 2.75) is 10.5 Å². The number of hydrogen-bond donors (Lipinski definition) is 0. The molecule has 0 N–H and O–H groups in total. The van der Waals surface area contributed by atoms with Crippen LogP contribution in [0.25, 0.3) is 0 Å². The molecular formula is C14H10Br2F2O2S. The van der Waals surface area contributed by atoms with Crippen molar-refractivity contribution >= 4 is 41.7 Å². The Morgan fingerprint density at radius 1 is 0.905 bits per heavy atom. The van der Waals surface area contributed by atoms with Crippen LogP contribution in [-0.4, -0.2) is 18.9 Å². The largest absolute Gasteiger partial charge is 0.227 e. The summed E-state index contributed by atoms with van der Waals surface area (Å²) >= 11 is 6.25. The van der Waals surface area contributed by atoms with Crippen molar-refractivity contribution in [2.24, 2.45) is 0 Å². The van der Waals surface area contributed by atoms with Gasteiger partial charge in [0.15, 0.2) is 9.84 Å². The summed E-state index contributed by atoms with van der Waals surface area (Å²) < 4.78 is 52.4. The maximum absolute atomic E-state index is 13.1. The fraction of sp³-hybridized carbons (Fsp3) is 0.143. The highest BCUT2D eigenvalue weighted by Gasteiger charge is 2.38. The van der Waals surface area contributed by atoms with E-state index in [1.807, 2.05) is 0 Å². The molecule has 0 aromatic heterocycles. The Balaban J connectivity index is 2.49. The highest BCUT2D eigenvalue weighted by Crippen LogP contribution is 2.37. The molecule has 0 amide bonds. The van der Waals surface area contributed by atoms with Crippen LogP contribution < -0.4 is 0 Å². The second kappa shape index (κ2) is 6.54. The zero-order valence-electron chi connectivity index (χ0n) is 10.5. The Labute approximate surface area is 138 Å². The fourth-order valence-electron chi connectivity index (χ4n) is 2.11. The monoisotopic (exact) mass is 438 g/mol. The Morgan fingerprint density at radius 3 is 1.62 bits per heavy atom. The van der Waals surface area contributed by atoms with Crippen LogP contribution in [0.3, 0.4) is 0 Å². The first kappa shape index (κ1) is 16.6. The molecule has 0 aliphatic heterocycles. The van der Waals surface area contributed by atoms with E-state index in [-0.39, 0.29) is 23.8 Å². The minimum absolute atomic E-state index is 0.00483. The number of hydrogen-bond acceptors (Lipinski definition) is 2. The van der Waals surface area contributed by atoms with Crippen molar-refractivity contribution < 1.29 is 17.2 Å². The van der Waals surface area contributed by atoms with E-state index in [0.717, 1.165) is 0 Å². The van der Waals surface area contributed by atoms with Gasteiger partial charge in [-0.2, -0.15) is 0 Å². The highest BCUT2D eigenvalue weighted by atomic mass is 79.9. The van der Waals surface area contributed by atoms with E-state index in [1.54, 1.807) is 12.2 Å². The van der Waals surface area contributed by atoms with Crippen molar-refractivity contribution in [3.63, 3.8) is 0 Å². The molecule has 7 heteroatoms. The molecule has 0 heterocycles. The molecule has 2 aliphatic carbocycles. The quantitative estimate of drug-likeness (QED) is 0.632. The summed E-state index contributed by atoms with van der Waals surface area (Å²) in [7, 11) is -3.91. The van der Waals surface area contributed by atoms with Crippen LogP contribution in [0.5, 0.6) is 0 Å². The Hall–Kier alpha value is -0.790. The minimum Gasteiger partial charge on any atom is -0.227 e. The van der Waals surface area contributed by atoms with Gasteiger partial charge in [-0.15, -0.1) is 0 Å². The van der Waals surface area contributed by atoms with Crippen molar-refractivity contribution in [2.75, 3.05) is 0 Å². The van der Waals surface area contributed by atoms with Gasteiger partial charge < -0.3 is 0 Å². The lowest BCUT2D eigenvalue weighted by molar-refractivity contribution is 0.587. The van der Waals surface area contributed by atoms with Gasteiger partial charge in [0.25, 0.3) is 0 Å². The summed E-state index contributed by atoms with van der Waals surface area (Å²) in [5, 5.41) is -2.35. The maximum atomic E-state index is 13.1. The smallest absolute Gasteiger partial charge is 0.171 e. The van der Waals surface area contributed by atoms with E-state index in [1.165, 1.54) is 24.3 Å². The SMILES string of the molecule is O=S(=O)(C1C=CC=C(Br)C1=CF)C1C=CC=C(Br)C1=CF. The van der Waals surface area contributed by atoms with Gasteiger partial charge in [0.2, 0.25) is 0 Å². The molecule has 2 aliphatic rings. The van der Waals surface area contributed by atoms with Gasteiger partial charge in [-0.25, -0.2) is 17.2 Å². The van der Waals surface area contributed by atoms with Crippen molar-refractivity contribution in [3.8, 4) is 0 Å². The lowest BCUT2D eigenvalue weighted by Crippen LogP contribution is -2.34.